The van der Waals surface area contributed by atoms with Gasteiger partial charge in [0.2, 0.25) is 0 Å². The van der Waals surface area contributed by atoms with Gasteiger partial charge in [-0.1, -0.05) is 19.9 Å². The molecule has 0 aromatic carbocycles. The number of Topliss-reactive ketones (excluding diaryl/α,β-unsaturated/α-hetero) is 1. The molecule has 1 nitrogen and oxygen atoms in total. The number of allylic oxidation sites excluding steroid dienone is 1. The average Bonchev–Trinajstić information content (AvgIpc) is 1.63. The molecule has 0 N–H and O–H groups in total. The predicted molar refractivity (Wildman–Crippen MR) is 39.3 cm³/mol. The first-order chi connectivity index (χ1) is 3.98. The van der Waals surface area contributed by atoms with Crippen molar-refractivity contribution in [3.8, 4) is 0 Å². The Labute approximate surface area is 56.8 Å². The Balaban J connectivity index is 3.86. The Morgan fingerprint density at radius 2 is 2.11 bits per heavy atom. The summed E-state index contributed by atoms with van der Waals surface area (Å²) in [5, 5.41) is 0. The molecule has 0 heterocycles. The van der Waals surface area contributed by atoms with Crippen molar-refractivity contribution in [2.45, 2.75) is 27.2 Å². The lowest BCUT2D eigenvalue weighted by atomic mass is 9.88. The van der Waals surface area contributed by atoms with E-state index in [4.69, 9.17) is 0 Å². The summed E-state index contributed by atoms with van der Waals surface area (Å²) < 4.78 is 0. The SMILES string of the molecule is C=CC(C)(C)CC(C)=O. The Morgan fingerprint density at radius 1 is 1.67 bits per heavy atom. The van der Waals surface area contributed by atoms with Gasteiger partial charge in [-0.3, -0.25) is 4.79 Å². The van der Waals surface area contributed by atoms with Gasteiger partial charge in [0.05, 0.1) is 0 Å². The Kier molecular flexibility index (Phi) is 2.63. The van der Waals surface area contributed by atoms with E-state index >= 15 is 0 Å². The van der Waals surface area contributed by atoms with Gasteiger partial charge in [0.25, 0.3) is 0 Å². The summed E-state index contributed by atoms with van der Waals surface area (Å²) in [6, 6.07) is 0. The van der Waals surface area contributed by atoms with Crippen LogP contribution in [0.2, 0.25) is 0 Å². The summed E-state index contributed by atoms with van der Waals surface area (Å²) in [7, 11) is 0. The third-order valence-corrected chi connectivity index (χ3v) is 1.26. The molecule has 0 amide bonds. The minimum absolute atomic E-state index is 0.0220. The first-order valence-corrected chi connectivity index (χ1v) is 3.11. The third kappa shape index (κ3) is 3.95. The van der Waals surface area contributed by atoms with Crippen molar-refractivity contribution in [3.63, 3.8) is 0 Å². The van der Waals surface area contributed by atoms with Gasteiger partial charge in [0, 0.05) is 6.42 Å². The molecule has 0 aliphatic carbocycles. The Bertz CT molecular complexity index is 123. The van der Waals surface area contributed by atoms with Gasteiger partial charge < -0.3 is 0 Å². The van der Waals surface area contributed by atoms with Crippen molar-refractivity contribution in [3.05, 3.63) is 12.7 Å². The largest absolute Gasteiger partial charge is 0.300 e. The molecule has 0 aliphatic rings. The maximum atomic E-state index is 10.6. The van der Waals surface area contributed by atoms with Crippen molar-refractivity contribution in [1.82, 2.24) is 0 Å². The smallest absolute Gasteiger partial charge is 0.130 e. The molecule has 0 spiro atoms. The summed E-state index contributed by atoms with van der Waals surface area (Å²) in [5.41, 5.74) is -0.0220. The first-order valence-electron chi connectivity index (χ1n) is 3.11. The van der Waals surface area contributed by atoms with Gasteiger partial charge in [-0.15, -0.1) is 6.58 Å². The molecule has 0 unspecified atom stereocenters. The van der Waals surface area contributed by atoms with Crippen molar-refractivity contribution < 1.29 is 4.79 Å². The van der Waals surface area contributed by atoms with Crippen LogP contribution in [0.15, 0.2) is 12.7 Å². The maximum Gasteiger partial charge on any atom is 0.130 e. The zero-order valence-electron chi connectivity index (χ0n) is 6.40. The lowest BCUT2D eigenvalue weighted by molar-refractivity contribution is -0.118. The summed E-state index contributed by atoms with van der Waals surface area (Å²) in [6.07, 6.45) is 2.41. The van der Waals surface area contributed by atoms with Crippen molar-refractivity contribution in [2.24, 2.45) is 5.41 Å². The molecule has 0 rings (SSSR count). The van der Waals surface area contributed by atoms with E-state index in [-0.39, 0.29) is 11.2 Å². The standard InChI is InChI=1S/C8H14O/c1-5-8(3,4)6-7(2)9/h5H,1,6H2,2-4H3. The number of hydrogen-bond donors (Lipinski definition) is 0. The second-order valence-corrected chi connectivity index (χ2v) is 3.07. The molecule has 9 heavy (non-hydrogen) atoms. The zero-order valence-corrected chi connectivity index (χ0v) is 6.40. The van der Waals surface area contributed by atoms with Crippen LogP contribution >= 0.6 is 0 Å². The van der Waals surface area contributed by atoms with Crippen LogP contribution < -0.4 is 0 Å². The van der Waals surface area contributed by atoms with Gasteiger partial charge in [-0.2, -0.15) is 0 Å². The molecule has 0 saturated heterocycles. The van der Waals surface area contributed by atoms with Crippen molar-refractivity contribution in [1.29, 1.82) is 0 Å². The molecule has 0 fully saturated rings. The normalized spacial score (nSPS) is 11.0. The lowest BCUT2D eigenvalue weighted by Gasteiger charge is -2.16. The minimum atomic E-state index is -0.0220. The Hall–Kier alpha value is -0.590. The fourth-order valence-electron chi connectivity index (χ4n) is 0.714. The molecule has 0 aliphatic heterocycles. The molecule has 0 bridgehead atoms. The molecule has 0 aromatic heterocycles. The van der Waals surface area contributed by atoms with Gasteiger partial charge in [-0.05, 0) is 12.3 Å². The van der Waals surface area contributed by atoms with Crippen LogP contribution in [0.1, 0.15) is 27.2 Å². The summed E-state index contributed by atoms with van der Waals surface area (Å²) in [5.74, 6) is 0.222. The monoisotopic (exact) mass is 126 g/mol. The number of rotatable bonds is 3. The van der Waals surface area contributed by atoms with Gasteiger partial charge in [-0.25, -0.2) is 0 Å². The molecule has 0 aromatic rings. The van der Waals surface area contributed by atoms with Gasteiger partial charge in [0.15, 0.2) is 0 Å². The number of ketones is 1. The van der Waals surface area contributed by atoms with Crippen LogP contribution in [-0.4, -0.2) is 5.78 Å². The molecule has 1 heteroatoms. The molecule has 0 radical (unpaired) electrons. The Morgan fingerprint density at radius 3 is 2.22 bits per heavy atom. The molecule has 0 saturated carbocycles. The van der Waals surface area contributed by atoms with E-state index in [0.29, 0.717) is 6.42 Å². The van der Waals surface area contributed by atoms with Crippen LogP contribution in [0, 0.1) is 5.41 Å². The number of carbonyl (C=O) groups is 1. The third-order valence-electron chi connectivity index (χ3n) is 1.26. The second-order valence-electron chi connectivity index (χ2n) is 3.07. The maximum absolute atomic E-state index is 10.6. The van der Waals surface area contributed by atoms with E-state index in [1.165, 1.54) is 0 Å². The molecule has 52 valence electrons. The summed E-state index contributed by atoms with van der Waals surface area (Å²) >= 11 is 0. The molecular weight excluding hydrogens is 112 g/mol. The molecule has 0 atom stereocenters. The topological polar surface area (TPSA) is 17.1 Å². The highest BCUT2D eigenvalue weighted by atomic mass is 16.1. The summed E-state index contributed by atoms with van der Waals surface area (Å²) in [6.45, 7) is 9.24. The second kappa shape index (κ2) is 2.81. The number of hydrogen-bond acceptors (Lipinski definition) is 1. The average molecular weight is 126 g/mol. The molecular formula is C8H14O. The van der Waals surface area contributed by atoms with E-state index in [0.717, 1.165) is 0 Å². The van der Waals surface area contributed by atoms with E-state index < -0.39 is 0 Å². The van der Waals surface area contributed by atoms with Crippen LogP contribution in [0.5, 0.6) is 0 Å². The quantitative estimate of drug-likeness (QED) is 0.530. The van der Waals surface area contributed by atoms with E-state index in [9.17, 15) is 4.79 Å². The van der Waals surface area contributed by atoms with E-state index in [1.807, 2.05) is 19.9 Å². The lowest BCUT2D eigenvalue weighted by Crippen LogP contribution is -2.11. The van der Waals surface area contributed by atoms with E-state index in [2.05, 4.69) is 6.58 Å². The van der Waals surface area contributed by atoms with Gasteiger partial charge in [0.1, 0.15) is 5.78 Å². The fraction of sp³-hybridized carbons (Fsp3) is 0.625. The van der Waals surface area contributed by atoms with Gasteiger partial charge >= 0.3 is 0 Å². The highest BCUT2D eigenvalue weighted by molar-refractivity contribution is 5.76. The first kappa shape index (κ1) is 8.41. The zero-order chi connectivity index (χ0) is 7.49. The van der Waals surface area contributed by atoms with Crippen molar-refractivity contribution >= 4 is 5.78 Å². The van der Waals surface area contributed by atoms with Crippen LogP contribution in [-0.2, 0) is 4.79 Å². The van der Waals surface area contributed by atoms with Crippen LogP contribution in [0.25, 0.3) is 0 Å². The van der Waals surface area contributed by atoms with Crippen molar-refractivity contribution in [2.75, 3.05) is 0 Å². The minimum Gasteiger partial charge on any atom is -0.300 e. The van der Waals surface area contributed by atoms with Crippen LogP contribution in [0.4, 0.5) is 0 Å². The van der Waals surface area contributed by atoms with Crippen LogP contribution in [0.3, 0.4) is 0 Å². The number of carbonyl (C=O) groups excluding carboxylic acids is 1. The highest BCUT2D eigenvalue weighted by Crippen LogP contribution is 2.20. The summed E-state index contributed by atoms with van der Waals surface area (Å²) in [4.78, 5) is 10.6. The fourth-order valence-corrected chi connectivity index (χ4v) is 0.714. The predicted octanol–water partition coefficient (Wildman–Crippen LogP) is 2.18. The highest BCUT2D eigenvalue weighted by Gasteiger charge is 2.14. The van der Waals surface area contributed by atoms with E-state index in [1.54, 1.807) is 6.92 Å².